The first-order valence-corrected chi connectivity index (χ1v) is 10.5. The van der Waals surface area contributed by atoms with Crippen molar-refractivity contribution < 1.29 is 13.2 Å². The van der Waals surface area contributed by atoms with Gasteiger partial charge in [0.15, 0.2) is 0 Å². The molecule has 0 radical (unpaired) electrons. The fourth-order valence-electron chi connectivity index (χ4n) is 3.73. The monoisotopic (exact) mass is 460 g/mol. The van der Waals surface area contributed by atoms with E-state index in [2.05, 4.69) is 25.3 Å². The number of rotatable bonds is 5. The Labute approximate surface area is 193 Å². The molecule has 1 atom stereocenters. The Bertz CT molecular complexity index is 1450. The summed E-state index contributed by atoms with van der Waals surface area (Å²) in [5.41, 5.74) is 3.54. The van der Waals surface area contributed by atoms with E-state index in [0.717, 1.165) is 34.3 Å². The normalized spacial score (nSPS) is 12.6. The van der Waals surface area contributed by atoms with Crippen LogP contribution in [0.4, 0.5) is 19.1 Å². The minimum absolute atomic E-state index is 0.303. The molecule has 6 nitrogen and oxygen atoms in total. The van der Waals surface area contributed by atoms with E-state index in [1.165, 1.54) is 6.07 Å². The summed E-state index contributed by atoms with van der Waals surface area (Å²) < 4.78 is 41.0. The fourth-order valence-corrected chi connectivity index (χ4v) is 3.73. The maximum atomic E-state index is 13.1. The molecule has 34 heavy (non-hydrogen) atoms. The number of nitrogens with one attached hydrogen (secondary N) is 1. The van der Waals surface area contributed by atoms with Crippen LogP contribution in [0.1, 0.15) is 24.1 Å². The number of halogens is 3. The SMILES string of the molecule is CC(Nc1nccc(-n2cnc3cc(-c4ccncc4)ccc32)n1)c1cccc(C(F)(F)F)c1. The molecule has 0 aliphatic rings. The summed E-state index contributed by atoms with van der Waals surface area (Å²) in [7, 11) is 0. The second kappa shape index (κ2) is 8.58. The molecule has 0 amide bonds. The molecule has 5 rings (SSSR count). The molecule has 0 aliphatic carbocycles. The summed E-state index contributed by atoms with van der Waals surface area (Å²) in [5, 5.41) is 3.09. The van der Waals surface area contributed by atoms with E-state index < -0.39 is 17.8 Å². The van der Waals surface area contributed by atoms with Crippen molar-refractivity contribution in [2.45, 2.75) is 19.1 Å². The van der Waals surface area contributed by atoms with Gasteiger partial charge in [-0.05, 0) is 66.1 Å². The molecule has 5 aromatic rings. The van der Waals surface area contributed by atoms with Crippen LogP contribution < -0.4 is 5.32 Å². The average molecular weight is 460 g/mol. The zero-order valence-corrected chi connectivity index (χ0v) is 18.0. The van der Waals surface area contributed by atoms with E-state index in [1.807, 2.05) is 34.9 Å². The van der Waals surface area contributed by atoms with Gasteiger partial charge >= 0.3 is 6.18 Å². The van der Waals surface area contributed by atoms with Crippen LogP contribution in [0.5, 0.6) is 0 Å². The number of aromatic nitrogens is 5. The largest absolute Gasteiger partial charge is 0.416 e. The number of hydrogen-bond acceptors (Lipinski definition) is 5. The van der Waals surface area contributed by atoms with Crippen LogP contribution in [0.15, 0.2) is 85.6 Å². The maximum Gasteiger partial charge on any atom is 0.416 e. The van der Waals surface area contributed by atoms with Gasteiger partial charge in [-0.25, -0.2) is 9.97 Å². The van der Waals surface area contributed by atoms with Gasteiger partial charge in [-0.1, -0.05) is 18.2 Å². The van der Waals surface area contributed by atoms with E-state index >= 15 is 0 Å². The van der Waals surface area contributed by atoms with Crippen LogP contribution in [0.25, 0.3) is 28.0 Å². The van der Waals surface area contributed by atoms with Gasteiger partial charge in [-0.3, -0.25) is 9.55 Å². The van der Waals surface area contributed by atoms with Crippen LogP contribution in [-0.4, -0.2) is 24.5 Å². The number of imidazole rings is 1. The molecule has 3 aromatic heterocycles. The summed E-state index contributed by atoms with van der Waals surface area (Å²) >= 11 is 0. The van der Waals surface area contributed by atoms with Crippen LogP contribution in [-0.2, 0) is 6.18 Å². The molecule has 0 fully saturated rings. The fraction of sp³-hybridized carbons (Fsp3) is 0.120. The quantitative estimate of drug-likeness (QED) is 0.345. The Morgan fingerprint density at radius 3 is 2.50 bits per heavy atom. The smallest absolute Gasteiger partial charge is 0.348 e. The second-order valence-corrected chi connectivity index (χ2v) is 7.78. The molecule has 2 aromatic carbocycles. The van der Waals surface area contributed by atoms with Crippen molar-refractivity contribution in [2.24, 2.45) is 0 Å². The third kappa shape index (κ3) is 4.32. The third-order valence-corrected chi connectivity index (χ3v) is 5.51. The van der Waals surface area contributed by atoms with Crippen LogP contribution >= 0.6 is 0 Å². The number of alkyl halides is 3. The Kier molecular flexibility index (Phi) is 5.45. The first kappa shape index (κ1) is 21.6. The maximum absolute atomic E-state index is 13.1. The first-order valence-electron chi connectivity index (χ1n) is 10.5. The number of fused-ring (bicyclic) bond motifs is 1. The Morgan fingerprint density at radius 1 is 0.882 bits per heavy atom. The number of benzene rings is 2. The van der Waals surface area contributed by atoms with E-state index in [-0.39, 0.29) is 0 Å². The molecule has 170 valence electrons. The van der Waals surface area contributed by atoms with E-state index in [9.17, 15) is 13.2 Å². The van der Waals surface area contributed by atoms with Crippen molar-refractivity contribution in [1.29, 1.82) is 0 Å². The topological polar surface area (TPSA) is 68.5 Å². The van der Waals surface area contributed by atoms with Gasteiger partial charge in [0.2, 0.25) is 5.95 Å². The summed E-state index contributed by atoms with van der Waals surface area (Å²) in [6.07, 6.45) is 2.37. The summed E-state index contributed by atoms with van der Waals surface area (Å²) in [6.45, 7) is 1.76. The highest BCUT2D eigenvalue weighted by Crippen LogP contribution is 2.31. The van der Waals surface area contributed by atoms with Crippen molar-refractivity contribution in [3.63, 3.8) is 0 Å². The van der Waals surface area contributed by atoms with Crippen molar-refractivity contribution >= 4 is 17.0 Å². The molecular weight excluding hydrogens is 441 g/mol. The highest BCUT2D eigenvalue weighted by molar-refractivity contribution is 5.83. The van der Waals surface area contributed by atoms with Crippen LogP contribution in [0.3, 0.4) is 0 Å². The molecule has 0 saturated carbocycles. The van der Waals surface area contributed by atoms with Gasteiger partial charge in [-0.15, -0.1) is 0 Å². The van der Waals surface area contributed by atoms with Gasteiger partial charge in [0.25, 0.3) is 0 Å². The number of pyridine rings is 1. The van der Waals surface area contributed by atoms with E-state index in [4.69, 9.17) is 0 Å². The Balaban J connectivity index is 1.41. The molecule has 3 heterocycles. The van der Waals surface area contributed by atoms with Gasteiger partial charge in [0.1, 0.15) is 12.1 Å². The number of anilines is 1. The zero-order chi connectivity index (χ0) is 23.7. The second-order valence-electron chi connectivity index (χ2n) is 7.78. The summed E-state index contributed by atoms with van der Waals surface area (Å²) in [5.74, 6) is 0.894. The minimum atomic E-state index is -4.40. The van der Waals surface area contributed by atoms with Crippen LogP contribution in [0.2, 0.25) is 0 Å². The van der Waals surface area contributed by atoms with Gasteiger partial charge in [0, 0.05) is 18.6 Å². The van der Waals surface area contributed by atoms with Crippen LogP contribution in [0, 0.1) is 0 Å². The zero-order valence-electron chi connectivity index (χ0n) is 18.0. The predicted molar refractivity (Wildman–Crippen MR) is 123 cm³/mol. The predicted octanol–water partition coefficient (Wildman–Crippen LogP) is 6.07. The lowest BCUT2D eigenvalue weighted by Crippen LogP contribution is -2.12. The van der Waals surface area contributed by atoms with Crippen molar-refractivity contribution in [1.82, 2.24) is 24.5 Å². The average Bonchev–Trinajstić information content (AvgIpc) is 3.28. The van der Waals surface area contributed by atoms with E-state index in [1.54, 1.807) is 44.0 Å². The highest BCUT2D eigenvalue weighted by Gasteiger charge is 2.30. The van der Waals surface area contributed by atoms with Gasteiger partial charge in [0.05, 0.1) is 22.6 Å². The minimum Gasteiger partial charge on any atom is -0.348 e. The molecule has 1 unspecified atom stereocenters. The standard InChI is InChI=1S/C25H19F3N6/c1-16(18-3-2-4-20(13-18)25(26,27)28)32-24-30-12-9-23(33-24)34-15-31-21-14-19(5-6-22(21)34)17-7-10-29-11-8-17/h2-16H,1H3,(H,30,32,33). The lowest BCUT2D eigenvalue weighted by atomic mass is 10.1. The van der Waals surface area contributed by atoms with Gasteiger partial charge < -0.3 is 5.32 Å². The Hall–Kier alpha value is -4.27. The molecule has 1 N–H and O–H groups in total. The Morgan fingerprint density at radius 2 is 1.71 bits per heavy atom. The molecule has 9 heteroatoms. The van der Waals surface area contributed by atoms with Crippen molar-refractivity contribution in [2.75, 3.05) is 5.32 Å². The van der Waals surface area contributed by atoms with Crippen molar-refractivity contribution in [3.8, 4) is 16.9 Å². The lowest BCUT2D eigenvalue weighted by Gasteiger charge is -2.16. The highest BCUT2D eigenvalue weighted by atomic mass is 19.4. The summed E-state index contributed by atoms with van der Waals surface area (Å²) in [6, 6.07) is 16.4. The molecule has 0 saturated heterocycles. The van der Waals surface area contributed by atoms with Gasteiger partial charge in [-0.2, -0.15) is 18.2 Å². The third-order valence-electron chi connectivity index (χ3n) is 5.51. The first-order chi connectivity index (χ1) is 16.4. The summed E-state index contributed by atoms with van der Waals surface area (Å²) in [4.78, 5) is 17.4. The molecule has 0 bridgehead atoms. The molecular formula is C25H19F3N6. The van der Waals surface area contributed by atoms with Crippen molar-refractivity contribution in [3.05, 3.63) is 96.7 Å². The lowest BCUT2D eigenvalue weighted by molar-refractivity contribution is -0.137. The number of nitrogens with zero attached hydrogens (tertiary/aromatic N) is 5. The molecule has 0 spiro atoms. The molecule has 0 aliphatic heterocycles. The number of hydrogen-bond donors (Lipinski definition) is 1. The van der Waals surface area contributed by atoms with E-state index in [0.29, 0.717) is 17.3 Å².